The quantitative estimate of drug-likeness (QED) is 0.545. The SMILES string of the molecule is Cc1nc2c(c(-c3ccc(Cl)cc3Cl)c1CN)C(=O)N(CC(=O)N1CCN(c3ncccn3)CC1)C2. The lowest BCUT2D eigenvalue weighted by Crippen LogP contribution is -2.51. The number of rotatable bonds is 5. The second kappa shape index (κ2) is 10.0. The van der Waals surface area contributed by atoms with Gasteiger partial charge in [0.2, 0.25) is 11.9 Å². The van der Waals surface area contributed by atoms with Crippen molar-refractivity contribution in [2.75, 3.05) is 37.6 Å². The third-order valence-corrected chi connectivity index (χ3v) is 7.17. The number of aromatic nitrogens is 3. The van der Waals surface area contributed by atoms with Crippen LogP contribution in [-0.2, 0) is 17.9 Å². The highest BCUT2D eigenvalue weighted by atomic mass is 35.5. The van der Waals surface area contributed by atoms with E-state index in [1.807, 2.05) is 11.8 Å². The number of pyridine rings is 1. The van der Waals surface area contributed by atoms with E-state index in [-0.39, 0.29) is 31.4 Å². The number of benzene rings is 1. The summed E-state index contributed by atoms with van der Waals surface area (Å²) in [5, 5.41) is 0.922. The molecule has 0 saturated carbocycles. The largest absolute Gasteiger partial charge is 0.338 e. The zero-order valence-corrected chi connectivity index (χ0v) is 21.3. The molecule has 1 fully saturated rings. The summed E-state index contributed by atoms with van der Waals surface area (Å²) in [4.78, 5) is 45.3. The molecule has 3 aromatic rings. The second-order valence-electron chi connectivity index (χ2n) is 8.78. The van der Waals surface area contributed by atoms with Gasteiger partial charge in [-0.3, -0.25) is 14.6 Å². The Balaban J connectivity index is 1.36. The van der Waals surface area contributed by atoms with Gasteiger partial charge in [-0.25, -0.2) is 9.97 Å². The van der Waals surface area contributed by atoms with Crippen LogP contribution in [0, 0.1) is 6.92 Å². The number of fused-ring (bicyclic) bond motifs is 1. The molecule has 0 spiro atoms. The predicted molar refractivity (Wildman–Crippen MR) is 138 cm³/mol. The highest BCUT2D eigenvalue weighted by Gasteiger charge is 2.36. The monoisotopic (exact) mass is 525 g/mol. The molecule has 2 aliphatic rings. The number of carbonyl (C=O) groups excluding carboxylic acids is 2. The Morgan fingerprint density at radius 3 is 2.47 bits per heavy atom. The van der Waals surface area contributed by atoms with Gasteiger partial charge in [0, 0.05) is 72.0 Å². The summed E-state index contributed by atoms with van der Waals surface area (Å²) in [7, 11) is 0. The van der Waals surface area contributed by atoms with Crippen molar-refractivity contribution in [2.24, 2.45) is 5.73 Å². The second-order valence-corrected chi connectivity index (χ2v) is 9.62. The number of piperazine rings is 1. The van der Waals surface area contributed by atoms with Crippen LogP contribution in [0.5, 0.6) is 0 Å². The molecule has 11 heteroatoms. The summed E-state index contributed by atoms with van der Waals surface area (Å²) < 4.78 is 0. The standard InChI is InChI=1S/C25H25Cl2N7O2/c1-15-18(12-28)22(17-4-3-16(26)11-19(17)27)23-20(31-15)13-34(24(23)36)14-21(35)32-7-9-33(10-8-32)25-29-5-2-6-30-25/h2-6,11H,7-10,12-14,28H2,1H3. The molecule has 2 aromatic heterocycles. The van der Waals surface area contributed by atoms with Gasteiger partial charge in [-0.2, -0.15) is 0 Å². The fraction of sp³-hybridized carbons (Fsp3) is 0.320. The molecule has 1 aromatic carbocycles. The van der Waals surface area contributed by atoms with Gasteiger partial charge in [0.1, 0.15) is 6.54 Å². The fourth-order valence-electron chi connectivity index (χ4n) is 4.80. The third kappa shape index (κ3) is 4.50. The normalized spacial score (nSPS) is 15.4. The molecule has 0 atom stereocenters. The molecule has 5 rings (SSSR count). The summed E-state index contributed by atoms with van der Waals surface area (Å²) >= 11 is 12.6. The van der Waals surface area contributed by atoms with E-state index in [9.17, 15) is 9.59 Å². The van der Waals surface area contributed by atoms with Crippen LogP contribution in [0.25, 0.3) is 11.1 Å². The van der Waals surface area contributed by atoms with E-state index in [2.05, 4.69) is 15.0 Å². The molecule has 1 saturated heterocycles. The van der Waals surface area contributed by atoms with E-state index >= 15 is 0 Å². The van der Waals surface area contributed by atoms with Gasteiger partial charge >= 0.3 is 0 Å². The van der Waals surface area contributed by atoms with Crippen molar-refractivity contribution in [3.8, 4) is 11.1 Å². The van der Waals surface area contributed by atoms with Crippen LogP contribution in [0.4, 0.5) is 5.95 Å². The van der Waals surface area contributed by atoms with E-state index in [1.165, 1.54) is 0 Å². The van der Waals surface area contributed by atoms with Crippen LogP contribution in [0.15, 0.2) is 36.7 Å². The molecule has 4 heterocycles. The van der Waals surface area contributed by atoms with Gasteiger partial charge in [0.15, 0.2) is 0 Å². The van der Waals surface area contributed by atoms with Crippen LogP contribution in [0.2, 0.25) is 10.0 Å². The number of amides is 2. The first-order chi connectivity index (χ1) is 17.4. The minimum atomic E-state index is -0.252. The van der Waals surface area contributed by atoms with Crippen LogP contribution in [-0.4, -0.2) is 69.3 Å². The maximum atomic E-state index is 13.6. The molecular formula is C25H25Cl2N7O2. The predicted octanol–water partition coefficient (Wildman–Crippen LogP) is 2.92. The van der Waals surface area contributed by atoms with E-state index in [0.29, 0.717) is 64.6 Å². The highest BCUT2D eigenvalue weighted by molar-refractivity contribution is 6.36. The van der Waals surface area contributed by atoms with Crippen molar-refractivity contribution in [2.45, 2.75) is 20.0 Å². The van der Waals surface area contributed by atoms with Crippen molar-refractivity contribution in [1.29, 1.82) is 0 Å². The molecule has 0 bridgehead atoms. The first kappa shape index (κ1) is 24.4. The number of aryl methyl sites for hydroxylation is 1. The minimum Gasteiger partial charge on any atom is -0.338 e. The number of carbonyl (C=O) groups is 2. The number of nitrogens with zero attached hydrogens (tertiary/aromatic N) is 6. The minimum absolute atomic E-state index is 0.0260. The maximum Gasteiger partial charge on any atom is 0.257 e. The zero-order valence-electron chi connectivity index (χ0n) is 19.7. The van der Waals surface area contributed by atoms with Crippen molar-refractivity contribution in [3.63, 3.8) is 0 Å². The van der Waals surface area contributed by atoms with Gasteiger partial charge < -0.3 is 20.4 Å². The summed E-state index contributed by atoms with van der Waals surface area (Å²) in [6.07, 6.45) is 3.40. The summed E-state index contributed by atoms with van der Waals surface area (Å²) in [5.41, 5.74) is 9.95. The van der Waals surface area contributed by atoms with E-state index < -0.39 is 0 Å². The van der Waals surface area contributed by atoms with E-state index in [4.69, 9.17) is 28.9 Å². The number of halogens is 2. The number of nitrogens with two attached hydrogens (primary N) is 1. The Kier molecular flexibility index (Phi) is 6.79. The molecule has 9 nitrogen and oxygen atoms in total. The van der Waals surface area contributed by atoms with Gasteiger partial charge in [0.25, 0.3) is 5.91 Å². The fourth-order valence-corrected chi connectivity index (χ4v) is 5.30. The lowest BCUT2D eigenvalue weighted by Gasteiger charge is -2.35. The number of anilines is 1. The molecular weight excluding hydrogens is 501 g/mol. The molecule has 2 amide bonds. The Hall–Kier alpha value is -3.27. The van der Waals surface area contributed by atoms with Crippen molar-refractivity contribution in [3.05, 3.63) is 69.2 Å². The van der Waals surface area contributed by atoms with Gasteiger partial charge in [0.05, 0.1) is 17.8 Å². The maximum absolute atomic E-state index is 13.6. The van der Waals surface area contributed by atoms with Crippen molar-refractivity contribution < 1.29 is 9.59 Å². The molecule has 0 aliphatic carbocycles. The average Bonchev–Trinajstić information content (AvgIpc) is 3.18. The Morgan fingerprint density at radius 1 is 1.08 bits per heavy atom. The Morgan fingerprint density at radius 2 is 1.81 bits per heavy atom. The summed E-state index contributed by atoms with van der Waals surface area (Å²) in [6.45, 7) is 4.61. The molecule has 0 unspecified atom stereocenters. The molecule has 186 valence electrons. The summed E-state index contributed by atoms with van der Waals surface area (Å²) in [6, 6.07) is 6.93. The Labute approximate surface area is 218 Å². The molecule has 2 N–H and O–H groups in total. The van der Waals surface area contributed by atoms with Crippen LogP contribution < -0.4 is 10.6 Å². The lowest BCUT2D eigenvalue weighted by atomic mass is 9.93. The van der Waals surface area contributed by atoms with Crippen LogP contribution in [0.1, 0.15) is 27.3 Å². The summed E-state index contributed by atoms with van der Waals surface area (Å²) in [5.74, 6) is 0.296. The van der Waals surface area contributed by atoms with Gasteiger partial charge in [-0.15, -0.1) is 0 Å². The number of hydrogen-bond donors (Lipinski definition) is 1. The topological polar surface area (TPSA) is 109 Å². The Bertz CT molecular complexity index is 1330. The molecule has 2 aliphatic heterocycles. The average molecular weight is 526 g/mol. The zero-order chi connectivity index (χ0) is 25.4. The third-order valence-electron chi connectivity index (χ3n) is 6.62. The smallest absolute Gasteiger partial charge is 0.257 e. The van der Waals surface area contributed by atoms with E-state index in [1.54, 1.807) is 46.5 Å². The van der Waals surface area contributed by atoms with E-state index in [0.717, 1.165) is 11.3 Å². The van der Waals surface area contributed by atoms with Crippen molar-refractivity contribution >= 4 is 41.0 Å². The van der Waals surface area contributed by atoms with Crippen LogP contribution in [0.3, 0.4) is 0 Å². The number of hydrogen-bond acceptors (Lipinski definition) is 7. The van der Waals surface area contributed by atoms with Crippen molar-refractivity contribution in [1.82, 2.24) is 24.8 Å². The van der Waals surface area contributed by atoms with Crippen LogP contribution >= 0.6 is 23.2 Å². The van der Waals surface area contributed by atoms with Gasteiger partial charge in [-0.05, 0) is 30.7 Å². The molecule has 0 radical (unpaired) electrons. The molecule has 36 heavy (non-hydrogen) atoms. The first-order valence-electron chi connectivity index (χ1n) is 11.6. The lowest BCUT2D eigenvalue weighted by molar-refractivity contribution is -0.132. The highest BCUT2D eigenvalue weighted by Crippen LogP contribution is 2.39. The van der Waals surface area contributed by atoms with Gasteiger partial charge in [-0.1, -0.05) is 29.3 Å². The first-order valence-corrected chi connectivity index (χ1v) is 12.4.